The Balaban J connectivity index is 3.41. The van der Waals surface area contributed by atoms with Crippen molar-refractivity contribution in [3.8, 4) is 0 Å². The maximum absolute atomic E-state index is 10.7. The van der Waals surface area contributed by atoms with E-state index in [0.717, 1.165) is 5.56 Å². The Morgan fingerprint density at radius 1 is 1.20 bits per heavy atom. The molecule has 0 aliphatic rings. The van der Waals surface area contributed by atoms with Gasteiger partial charge in [-0.3, -0.25) is 0 Å². The Labute approximate surface area is 98.8 Å². The van der Waals surface area contributed by atoms with Crippen LogP contribution in [-0.2, 0) is 5.41 Å². The summed E-state index contributed by atoms with van der Waals surface area (Å²) in [6.45, 7) is 5.92. The topological polar surface area (TPSA) is 37.3 Å². The lowest BCUT2D eigenvalue weighted by Gasteiger charge is -2.22. The number of hydrogen-bond acceptors (Lipinski definition) is 1. The van der Waals surface area contributed by atoms with Gasteiger partial charge >= 0.3 is 5.97 Å². The van der Waals surface area contributed by atoms with E-state index in [4.69, 9.17) is 28.3 Å². The molecule has 0 radical (unpaired) electrons. The lowest BCUT2D eigenvalue weighted by atomic mass is 9.86. The highest BCUT2D eigenvalue weighted by atomic mass is 35.5. The van der Waals surface area contributed by atoms with Crippen LogP contribution in [0, 0.1) is 0 Å². The molecule has 0 unspecified atom stereocenters. The molecule has 82 valence electrons. The first-order valence-electron chi connectivity index (χ1n) is 4.46. The zero-order chi connectivity index (χ0) is 11.8. The summed E-state index contributed by atoms with van der Waals surface area (Å²) in [6, 6.07) is 2.85. The van der Waals surface area contributed by atoms with Crippen LogP contribution in [0.4, 0.5) is 0 Å². The van der Waals surface area contributed by atoms with E-state index in [0.29, 0.717) is 10.0 Å². The number of carbonyl (C=O) groups is 1. The van der Waals surface area contributed by atoms with Crippen molar-refractivity contribution in [2.24, 2.45) is 0 Å². The average Bonchev–Trinajstić information content (AvgIpc) is 1.99. The van der Waals surface area contributed by atoms with Gasteiger partial charge in [-0.05, 0) is 23.1 Å². The van der Waals surface area contributed by atoms with Gasteiger partial charge in [0, 0.05) is 10.0 Å². The van der Waals surface area contributed by atoms with Crippen molar-refractivity contribution >= 4 is 29.2 Å². The Morgan fingerprint density at radius 3 is 1.87 bits per heavy atom. The normalized spacial score (nSPS) is 11.5. The second kappa shape index (κ2) is 4.03. The minimum atomic E-state index is -1.03. The van der Waals surface area contributed by atoms with Crippen LogP contribution in [0.5, 0.6) is 0 Å². The van der Waals surface area contributed by atoms with Gasteiger partial charge in [-0.1, -0.05) is 44.0 Å². The molecular weight excluding hydrogens is 235 g/mol. The summed E-state index contributed by atoms with van der Waals surface area (Å²) in [4.78, 5) is 10.7. The zero-order valence-corrected chi connectivity index (χ0v) is 10.3. The highest BCUT2D eigenvalue weighted by Crippen LogP contribution is 2.36. The standard InChI is InChI=1S/C11H12Cl2O2/c1-11(2,3)9-7(12)4-6(10(14)15)5-8(9)13/h4-5H,1-3H3,(H,14,15). The van der Waals surface area contributed by atoms with E-state index in [-0.39, 0.29) is 11.0 Å². The van der Waals surface area contributed by atoms with E-state index in [1.165, 1.54) is 12.1 Å². The summed E-state index contributed by atoms with van der Waals surface area (Å²) < 4.78 is 0. The molecular formula is C11H12Cl2O2. The highest BCUT2D eigenvalue weighted by molar-refractivity contribution is 6.36. The van der Waals surface area contributed by atoms with Crippen LogP contribution in [0.15, 0.2) is 12.1 Å². The van der Waals surface area contributed by atoms with Gasteiger partial charge in [0.05, 0.1) is 5.56 Å². The van der Waals surface area contributed by atoms with Gasteiger partial charge in [-0.25, -0.2) is 4.79 Å². The monoisotopic (exact) mass is 246 g/mol. The average molecular weight is 247 g/mol. The number of benzene rings is 1. The number of carboxylic acids is 1. The molecule has 0 saturated carbocycles. The van der Waals surface area contributed by atoms with Crippen LogP contribution in [-0.4, -0.2) is 11.1 Å². The minimum Gasteiger partial charge on any atom is -0.478 e. The SMILES string of the molecule is CC(C)(C)c1c(Cl)cc(C(=O)O)cc1Cl. The first kappa shape index (κ1) is 12.3. The third-order valence-corrected chi connectivity index (χ3v) is 2.64. The molecule has 0 atom stereocenters. The molecule has 4 heteroatoms. The Hall–Kier alpha value is -0.730. The van der Waals surface area contributed by atoms with Crippen molar-refractivity contribution in [3.63, 3.8) is 0 Å². The molecule has 15 heavy (non-hydrogen) atoms. The van der Waals surface area contributed by atoms with Gasteiger partial charge in [0.1, 0.15) is 0 Å². The van der Waals surface area contributed by atoms with Crippen molar-refractivity contribution in [1.29, 1.82) is 0 Å². The lowest BCUT2D eigenvalue weighted by Crippen LogP contribution is -2.13. The Kier molecular flexibility index (Phi) is 3.31. The molecule has 2 nitrogen and oxygen atoms in total. The molecule has 0 fully saturated rings. The molecule has 1 N–H and O–H groups in total. The van der Waals surface area contributed by atoms with E-state index in [2.05, 4.69) is 0 Å². The number of carboxylic acid groups (broad SMARTS) is 1. The number of aromatic carboxylic acids is 1. The Morgan fingerprint density at radius 2 is 1.60 bits per heavy atom. The second-order valence-electron chi connectivity index (χ2n) is 4.37. The van der Waals surface area contributed by atoms with E-state index < -0.39 is 5.97 Å². The minimum absolute atomic E-state index is 0.109. The summed E-state index contributed by atoms with van der Waals surface area (Å²) in [5.74, 6) is -1.03. The number of halogens is 2. The Bertz CT molecular complexity index is 383. The van der Waals surface area contributed by atoms with Gasteiger partial charge in [0.2, 0.25) is 0 Å². The van der Waals surface area contributed by atoms with Crippen molar-refractivity contribution in [2.75, 3.05) is 0 Å². The molecule has 0 amide bonds. The van der Waals surface area contributed by atoms with Crippen LogP contribution in [0.25, 0.3) is 0 Å². The van der Waals surface area contributed by atoms with Crippen LogP contribution in [0.1, 0.15) is 36.7 Å². The summed E-state index contributed by atoms with van der Waals surface area (Å²) in [5.41, 5.74) is 0.680. The molecule has 0 saturated heterocycles. The number of hydrogen-bond donors (Lipinski definition) is 1. The first-order valence-corrected chi connectivity index (χ1v) is 5.22. The predicted molar refractivity (Wildman–Crippen MR) is 62.1 cm³/mol. The third-order valence-electron chi connectivity index (χ3n) is 2.04. The predicted octanol–water partition coefficient (Wildman–Crippen LogP) is 3.99. The molecule has 1 rings (SSSR count). The maximum atomic E-state index is 10.7. The summed E-state index contributed by atoms with van der Waals surface area (Å²) in [5, 5.41) is 9.60. The van der Waals surface area contributed by atoms with E-state index in [9.17, 15) is 4.79 Å². The molecule has 0 aromatic heterocycles. The van der Waals surface area contributed by atoms with Gasteiger partial charge in [0.15, 0.2) is 0 Å². The van der Waals surface area contributed by atoms with Crippen molar-refractivity contribution in [3.05, 3.63) is 33.3 Å². The van der Waals surface area contributed by atoms with Gasteiger partial charge in [-0.15, -0.1) is 0 Å². The van der Waals surface area contributed by atoms with Crippen LogP contribution < -0.4 is 0 Å². The van der Waals surface area contributed by atoms with Crippen LogP contribution >= 0.6 is 23.2 Å². The summed E-state index contributed by atoms with van der Waals surface area (Å²) in [6.07, 6.45) is 0. The van der Waals surface area contributed by atoms with Crippen molar-refractivity contribution < 1.29 is 9.90 Å². The van der Waals surface area contributed by atoms with Crippen molar-refractivity contribution in [2.45, 2.75) is 26.2 Å². The highest BCUT2D eigenvalue weighted by Gasteiger charge is 2.22. The molecule has 1 aromatic carbocycles. The zero-order valence-electron chi connectivity index (χ0n) is 8.77. The largest absolute Gasteiger partial charge is 0.478 e. The van der Waals surface area contributed by atoms with Gasteiger partial charge in [0.25, 0.3) is 0 Å². The van der Waals surface area contributed by atoms with Crippen LogP contribution in [0.2, 0.25) is 10.0 Å². The fourth-order valence-corrected chi connectivity index (χ4v) is 2.47. The number of rotatable bonds is 1. The molecule has 0 spiro atoms. The summed E-state index contributed by atoms with van der Waals surface area (Å²) >= 11 is 12.0. The molecule has 0 aliphatic heterocycles. The molecule has 0 heterocycles. The van der Waals surface area contributed by atoms with Gasteiger partial charge < -0.3 is 5.11 Å². The lowest BCUT2D eigenvalue weighted by molar-refractivity contribution is 0.0697. The van der Waals surface area contributed by atoms with Crippen LogP contribution in [0.3, 0.4) is 0 Å². The molecule has 0 bridgehead atoms. The van der Waals surface area contributed by atoms with E-state index in [1.807, 2.05) is 20.8 Å². The first-order chi connectivity index (χ1) is 6.73. The summed E-state index contributed by atoms with van der Waals surface area (Å²) in [7, 11) is 0. The second-order valence-corrected chi connectivity index (χ2v) is 5.18. The fraction of sp³-hybridized carbons (Fsp3) is 0.364. The van der Waals surface area contributed by atoms with Gasteiger partial charge in [-0.2, -0.15) is 0 Å². The fourth-order valence-electron chi connectivity index (χ4n) is 1.41. The molecule has 0 aliphatic carbocycles. The van der Waals surface area contributed by atoms with E-state index >= 15 is 0 Å². The van der Waals surface area contributed by atoms with E-state index in [1.54, 1.807) is 0 Å². The maximum Gasteiger partial charge on any atom is 0.335 e. The quantitative estimate of drug-likeness (QED) is 0.814. The van der Waals surface area contributed by atoms with Crippen molar-refractivity contribution in [1.82, 2.24) is 0 Å². The third kappa shape index (κ3) is 2.64. The smallest absolute Gasteiger partial charge is 0.335 e. The molecule has 1 aromatic rings.